The van der Waals surface area contributed by atoms with E-state index >= 15 is 0 Å². The molecule has 23 heavy (non-hydrogen) atoms. The minimum atomic E-state index is 0.818. The molecule has 0 amide bonds. The van der Waals surface area contributed by atoms with Crippen molar-refractivity contribution in [1.82, 2.24) is 0 Å². The first-order chi connectivity index (χ1) is 11.3. The van der Waals surface area contributed by atoms with E-state index < -0.39 is 0 Å². The van der Waals surface area contributed by atoms with Gasteiger partial charge >= 0.3 is 0 Å². The maximum absolute atomic E-state index is 5.67. The van der Waals surface area contributed by atoms with Gasteiger partial charge in [-0.3, -0.25) is 0 Å². The van der Waals surface area contributed by atoms with Crippen LogP contribution >= 0.6 is 0 Å². The van der Waals surface area contributed by atoms with Crippen LogP contribution in [0.3, 0.4) is 0 Å². The van der Waals surface area contributed by atoms with E-state index in [1.54, 1.807) is 0 Å². The number of rotatable bonds is 9. The number of hydrogen-bond donors (Lipinski definition) is 0. The Hall–Kier alpha value is -0.460. The molecule has 0 aromatic rings. The Balaban J connectivity index is 1.58. The standard InChI is InChI=1S/C22H40O/c1-3-5-7-8-19-9-13-21(14-10-19)22-15-11-20(12-16-22)18-23-17-6-4-2/h6,17,19-22H,3-5,7-16,18H2,1-2H3/b17-6+. The summed E-state index contributed by atoms with van der Waals surface area (Å²) in [6.07, 6.45) is 22.8. The molecule has 1 nitrogen and oxygen atoms in total. The van der Waals surface area contributed by atoms with Gasteiger partial charge in [-0.2, -0.15) is 0 Å². The largest absolute Gasteiger partial charge is 0.501 e. The predicted octanol–water partition coefficient (Wildman–Crippen LogP) is 7.12. The molecule has 134 valence electrons. The molecule has 0 N–H and O–H groups in total. The van der Waals surface area contributed by atoms with Gasteiger partial charge in [0, 0.05) is 0 Å². The molecule has 0 aromatic carbocycles. The van der Waals surface area contributed by atoms with Crippen LogP contribution in [-0.4, -0.2) is 6.61 Å². The number of hydrogen-bond acceptors (Lipinski definition) is 1. The summed E-state index contributed by atoms with van der Waals surface area (Å²) in [5.41, 5.74) is 0. The van der Waals surface area contributed by atoms with Gasteiger partial charge in [-0.05, 0) is 68.6 Å². The summed E-state index contributed by atoms with van der Waals surface area (Å²) < 4.78 is 5.67. The molecule has 0 aliphatic heterocycles. The lowest BCUT2D eigenvalue weighted by atomic mass is 9.69. The van der Waals surface area contributed by atoms with Gasteiger partial charge in [0.05, 0.1) is 12.9 Å². The summed E-state index contributed by atoms with van der Waals surface area (Å²) in [7, 11) is 0. The zero-order valence-corrected chi connectivity index (χ0v) is 15.8. The Morgan fingerprint density at radius 3 is 1.96 bits per heavy atom. The molecule has 0 bridgehead atoms. The molecule has 1 heteroatoms. The lowest BCUT2D eigenvalue weighted by molar-refractivity contribution is 0.108. The lowest BCUT2D eigenvalue weighted by Crippen LogP contribution is -2.27. The van der Waals surface area contributed by atoms with Crippen molar-refractivity contribution in [1.29, 1.82) is 0 Å². The quantitative estimate of drug-likeness (QED) is 0.324. The van der Waals surface area contributed by atoms with Crippen LogP contribution in [0.25, 0.3) is 0 Å². The number of allylic oxidation sites excluding steroid dienone is 1. The molecule has 0 radical (unpaired) electrons. The Labute approximate surface area is 145 Å². The summed E-state index contributed by atoms with van der Waals surface area (Å²) in [6, 6.07) is 0. The van der Waals surface area contributed by atoms with Crippen molar-refractivity contribution in [3.8, 4) is 0 Å². The third-order valence-electron chi connectivity index (χ3n) is 6.43. The number of unbranched alkanes of at least 4 members (excludes halogenated alkanes) is 2. The molecule has 0 atom stereocenters. The maximum Gasteiger partial charge on any atom is 0.0901 e. The van der Waals surface area contributed by atoms with Crippen LogP contribution in [0.4, 0.5) is 0 Å². The van der Waals surface area contributed by atoms with Gasteiger partial charge < -0.3 is 4.74 Å². The summed E-state index contributed by atoms with van der Waals surface area (Å²) in [6.45, 7) is 5.43. The van der Waals surface area contributed by atoms with Crippen LogP contribution in [-0.2, 0) is 4.74 Å². The van der Waals surface area contributed by atoms with Crippen molar-refractivity contribution in [2.75, 3.05) is 6.61 Å². The fourth-order valence-corrected chi connectivity index (χ4v) is 4.81. The first-order valence-corrected chi connectivity index (χ1v) is 10.6. The second-order valence-electron chi connectivity index (χ2n) is 8.17. The van der Waals surface area contributed by atoms with E-state index in [1.165, 1.54) is 77.0 Å². The van der Waals surface area contributed by atoms with Crippen LogP contribution in [0.1, 0.15) is 97.3 Å². The van der Waals surface area contributed by atoms with E-state index in [0.717, 1.165) is 36.7 Å². The molecule has 0 heterocycles. The van der Waals surface area contributed by atoms with E-state index in [4.69, 9.17) is 4.74 Å². The fourth-order valence-electron chi connectivity index (χ4n) is 4.81. The Morgan fingerprint density at radius 2 is 1.39 bits per heavy atom. The molecular weight excluding hydrogens is 280 g/mol. The molecular formula is C22H40O. The highest BCUT2D eigenvalue weighted by Crippen LogP contribution is 2.42. The predicted molar refractivity (Wildman–Crippen MR) is 100 cm³/mol. The highest BCUT2D eigenvalue weighted by Gasteiger charge is 2.30. The van der Waals surface area contributed by atoms with E-state index in [9.17, 15) is 0 Å². The normalized spacial score (nSPS) is 32.3. The third kappa shape index (κ3) is 6.89. The van der Waals surface area contributed by atoms with Crippen LogP contribution in [0.15, 0.2) is 12.3 Å². The summed E-state index contributed by atoms with van der Waals surface area (Å²) >= 11 is 0. The smallest absolute Gasteiger partial charge is 0.0901 e. The van der Waals surface area contributed by atoms with Crippen LogP contribution < -0.4 is 0 Å². The molecule has 2 fully saturated rings. The van der Waals surface area contributed by atoms with Gasteiger partial charge in [-0.1, -0.05) is 58.4 Å². The molecule has 0 saturated heterocycles. The first kappa shape index (κ1) is 18.9. The zero-order chi connectivity index (χ0) is 16.3. The Morgan fingerprint density at radius 1 is 0.783 bits per heavy atom. The van der Waals surface area contributed by atoms with Crippen LogP contribution in [0.2, 0.25) is 0 Å². The van der Waals surface area contributed by atoms with Crippen molar-refractivity contribution in [3.63, 3.8) is 0 Å². The van der Waals surface area contributed by atoms with Crippen molar-refractivity contribution in [2.45, 2.75) is 97.3 Å². The van der Waals surface area contributed by atoms with Gasteiger partial charge in [0.25, 0.3) is 0 Å². The second-order valence-corrected chi connectivity index (χ2v) is 8.17. The highest BCUT2D eigenvalue weighted by molar-refractivity contribution is 4.82. The molecule has 2 rings (SSSR count). The Bertz CT molecular complexity index is 306. The molecule has 2 saturated carbocycles. The van der Waals surface area contributed by atoms with Gasteiger partial charge in [0.2, 0.25) is 0 Å². The van der Waals surface area contributed by atoms with Crippen LogP contribution in [0, 0.1) is 23.7 Å². The summed E-state index contributed by atoms with van der Waals surface area (Å²) in [5.74, 6) is 3.97. The first-order valence-electron chi connectivity index (χ1n) is 10.6. The lowest BCUT2D eigenvalue weighted by Gasteiger charge is -2.37. The van der Waals surface area contributed by atoms with Gasteiger partial charge in [-0.15, -0.1) is 0 Å². The minimum Gasteiger partial charge on any atom is -0.501 e. The molecule has 2 aliphatic carbocycles. The highest BCUT2D eigenvalue weighted by atomic mass is 16.5. The summed E-state index contributed by atoms with van der Waals surface area (Å²) in [4.78, 5) is 0. The topological polar surface area (TPSA) is 9.23 Å². The zero-order valence-electron chi connectivity index (χ0n) is 15.8. The fraction of sp³-hybridized carbons (Fsp3) is 0.909. The monoisotopic (exact) mass is 320 g/mol. The Kier molecular flexibility index (Phi) is 9.15. The maximum atomic E-state index is 5.67. The average molecular weight is 321 g/mol. The van der Waals surface area contributed by atoms with Crippen molar-refractivity contribution in [3.05, 3.63) is 12.3 Å². The van der Waals surface area contributed by atoms with Crippen LogP contribution in [0.5, 0.6) is 0 Å². The van der Waals surface area contributed by atoms with E-state index in [-0.39, 0.29) is 0 Å². The molecule has 0 unspecified atom stereocenters. The molecule has 2 aliphatic rings. The average Bonchev–Trinajstić information content (AvgIpc) is 2.60. The van der Waals surface area contributed by atoms with E-state index in [2.05, 4.69) is 19.9 Å². The van der Waals surface area contributed by atoms with E-state index in [0.29, 0.717) is 0 Å². The number of ether oxygens (including phenoxy) is 1. The van der Waals surface area contributed by atoms with Gasteiger partial charge in [0.15, 0.2) is 0 Å². The van der Waals surface area contributed by atoms with E-state index in [1.807, 2.05) is 6.26 Å². The van der Waals surface area contributed by atoms with Crippen molar-refractivity contribution in [2.24, 2.45) is 23.7 Å². The van der Waals surface area contributed by atoms with Gasteiger partial charge in [0.1, 0.15) is 0 Å². The second kappa shape index (κ2) is 11.2. The van der Waals surface area contributed by atoms with Crippen molar-refractivity contribution < 1.29 is 4.74 Å². The SMILES string of the molecule is CC/C=C/OCC1CCC(C2CCC(CCCCC)CC2)CC1. The molecule has 0 spiro atoms. The minimum absolute atomic E-state index is 0.818. The van der Waals surface area contributed by atoms with Gasteiger partial charge in [-0.25, -0.2) is 0 Å². The third-order valence-corrected chi connectivity index (χ3v) is 6.43. The molecule has 0 aromatic heterocycles. The summed E-state index contributed by atoms with van der Waals surface area (Å²) in [5, 5.41) is 0. The van der Waals surface area contributed by atoms with Crippen molar-refractivity contribution >= 4 is 0 Å².